The first-order valence-corrected chi connectivity index (χ1v) is 8.95. The first-order chi connectivity index (χ1) is 13.6. The number of nitrogens with two attached hydrogens (primary N) is 1. The van der Waals surface area contributed by atoms with Gasteiger partial charge in [-0.1, -0.05) is 12.1 Å². The quantitative estimate of drug-likeness (QED) is 0.771. The smallest absolute Gasteiger partial charge is 0.278 e. The number of ether oxygens (including phenoxy) is 2. The van der Waals surface area contributed by atoms with E-state index >= 15 is 0 Å². The molecule has 0 aliphatic carbocycles. The van der Waals surface area contributed by atoms with Crippen LogP contribution in [-0.2, 0) is 10.3 Å². The number of halogens is 2. The molecule has 9 heteroatoms. The Morgan fingerprint density at radius 1 is 1.38 bits per heavy atom. The van der Waals surface area contributed by atoms with E-state index < -0.39 is 24.0 Å². The van der Waals surface area contributed by atoms with Crippen molar-refractivity contribution in [2.24, 2.45) is 10.7 Å². The molecule has 154 valence electrons. The van der Waals surface area contributed by atoms with Gasteiger partial charge in [0.05, 0.1) is 12.8 Å². The van der Waals surface area contributed by atoms with Crippen LogP contribution in [0.5, 0.6) is 5.75 Å². The van der Waals surface area contributed by atoms with E-state index in [4.69, 9.17) is 15.2 Å². The Hall–Kier alpha value is -3.07. The fourth-order valence-electron chi connectivity index (χ4n) is 2.82. The third-order valence-corrected chi connectivity index (χ3v) is 4.23. The van der Waals surface area contributed by atoms with Crippen molar-refractivity contribution in [1.29, 1.82) is 0 Å². The lowest BCUT2D eigenvalue weighted by atomic mass is 9.92. The minimum absolute atomic E-state index is 0.125. The average molecular weight is 404 g/mol. The number of aliphatic imine (C=N–C) groups is 1. The molecule has 29 heavy (non-hydrogen) atoms. The van der Waals surface area contributed by atoms with Crippen LogP contribution in [0.15, 0.2) is 47.6 Å². The molecule has 1 amide bonds. The van der Waals surface area contributed by atoms with Crippen LogP contribution in [0.4, 0.5) is 14.5 Å². The van der Waals surface area contributed by atoms with Gasteiger partial charge in [0.15, 0.2) is 6.61 Å². The van der Waals surface area contributed by atoms with Crippen LogP contribution in [0.1, 0.15) is 29.9 Å². The van der Waals surface area contributed by atoms with E-state index in [1.165, 1.54) is 18.3 Å². The number of aromatic nitrogens is 1. The average Bonchev–Trinajstić information content (AvgIpc) is 2.66. The maximum absolute atomic E-state index is 12.8. The number of nitrogens with one attached hydrogen (secondary N) is 1. The SMILES string of the molecule is CC(F)(F)COc1ccc(C(=O)Nc2cccc(C3(C)COCC(N)=N3)c2)nc1. The van der Waals surface area contributed by atoms with E-state index in [9.17, 15) is 13.6 Å². The van der Waals surface area contributed by atoms with Crippen molar-refractivity contribution in [3.8, 4) is 5.75 Å². The third-order valence-electron chi connectivity index (χ3n) is 4.23. The molecule has 3 N–H and O–H groups in total. The Bertz CT molecular complexity index is 913. The van der Waals surface area contributed by atoms with Crippen LogP contribution >= 0.6 is 0 Å². The summed E-state index contributed by atoms with van der Waals surface area (Å²) in [5.41, 5.74) is 6.68. The highest BCUT2D eigenvalue weighted by atomic mass is 19.3. The molecule has 1 aromatic carbocycles. The predicted octanol–water partition coefficient (Wildman–Crippen LogP) is 2.97. The number of anilines is 1. The van der Waals surface area contributed by atoms with Gasteiger partial charge in [-0.15, -0.1) is 0 Å². The van der Waals surface area contributed by atoms with Gasteiger partial charge in [-0.05, 0) is 36.8 Å². The molecule has 7 nitrogen and oxygen atoms in total. The number of carbonyl (C=O) groups excluding carboxylic acids is 1. The first kappa shape index (κ1) is 20.7. The lowest BCUT2D eigenvalue weighted by molar-refractivity contribution is -0.0230. The first-order valence-electron chi connectivity index (χ1n) is 8.95. The Balaban J connectivity index is 1.69. The Kier molecular flexibility index (Phi) is 5.78. The standard InChI is InChI=1S/C20H22F2N4O3/c1-19(11-28-10-17(23)26-19)13-4-3-5-14(8-13)25-18(27)16-7-6-15(9-24-16)29-12-20(2,21)22/h3-9H,10-12H2,1-2H3,(H2,23,26)(H,25,27). The Morgan fingerprint density at radius 3 is 2.83 bits per heavy atom. The summed E-state index contributed by atoms with van der Waals surface area (Å²) in [4.78, 5) is 20.9. The number of hydrogen-bond donors (Lipinski definition) is 2. The molecular weight excluding hydrogens is 382 g/mol. The number of nitrogens with zero attached hydrogens (tertiary/aromatic N) is 2. The van der Waals surface area contributed by atoms with Crippen molar-refractivity contribution >= 4 is 17.4 Å². The molecule has 2 heterocycles. The molecule has 3 rings (SSSR count). The molecular formula is C20H22F2N4O3. The second kappa shape index (κ2) is 8.12. The molecule has 1 unspecified atom stereocenters. The topological polar surface area (TPSA) is 98.8 Å². The summed E-state index contributed by atoms with van der Waals surface area (Å²) < 4.78 is 36.1. The highest BCUT2D eigenvalue weighted by Crippen LogP contribution is 2.30. The van der Waals surface area contributed by atoms with Gasteiger partial charge in [0.25, 0.3) is 11.8 Å². The maximum Gasteiger partial charge on any atom is 0.278 e. The Labute approximate surface area is 166 Å². The van der Waals surface area contributed by atoms with Gasteiger partial charge in [0.1, 0.15) is 29.4 Å². The second-order valence-corrected chi connectivity index (χ2v) is 7.14. The third kappa shape index (κ3) is 5.47. The lowest BCUT2D eigenvalue weighted by Crippen LogP contribution is -2.37. The van der Waals surface area contributed by atoms with Crippen molar-refractivity contribution < 1.29 is 23.0 Å². The van der Waals surface area contributed by atoms with Crippen LogP contribution in [0.25, 0.3) is 0 Å². The molecule has 2 aromatic rings. The number of amides is 1. The number of alkyl halides is 2. The van der Waals surface area contributed by atoms with Gasteiger partial charge in [-0.25, -0.2) is 13.8 Å². The van der Waals surface area contributed by atoms with E-state index in [1.807, 2.05) is 13.0 Å². The van der Waals surface area contributed by atoms with E-state index in [-0.39, 0.29) is 11.4 Å². The van der Waals surface area contributed by atoms with Crippen LogP contribution < -0.4 is 15.8 Å². The molecule has 0 saturated heterocycles. The molecule has 1 aromatic heterocycles. The van der Waals surface area contributed by atoms with Crippen LogP contribution in [0.3, 0.4) is 0 Å². The summed E-state index contributed by atoms with van der Waals surface area (Å²) in [7, 11) is 0. The number of carbonyl (C=O) groups is 1. The Morgan fingerprint density at radius 2 is 2.17 bits per heavy atom. The second-order valence-electron chi connectivity index (χ2n) is 7.14. The van der Waals surface area contributed by atoms with E-state index in [1.54, 1.807) is 18.2 Å². The van der Waals surface area contributed by atoms with Crippen molar-refractivity contribution in [1.82, 2.24) is 4.98 Å². The lowest BCUT2D eigenvalue weighted by Gasteiger charge is -2.30. The maximum atomic E-state index is 12.8. The number of rotatable bonds is 6. The summed E-state index contributed by atoms with van der Waals surface area (Å²) in [5.74, 6) is -2.82. The molecule has 0 radical (unpaired) electrons. The largest absolute Gasteiger partial charge is 0.486 e. The van der Waals surface area contributed by atoms with Gasteiger partial charge in [-0.3, -0.25) is 9.79 Å². The van der Waals surface area contributed by atoms with Crippen LogP contribution in [-0.4, -0.2) is 42.5 Å². The normalized spacial score (nSPS) is 19.4. The number of pyridine rings is 1. The zero-order valence-electron chi connectivity index (χ0n) is 16.1. The van der Waals surface area contributed by atoms with Crippen LogP contribution in [0.2, 0.25) is 0 Å². The summed E-state index contributed by atoms with van der Waals surface area (Å²) in [6.07, 6.45) is 1.23. The number of amidine groups is 1. The van der Waals surface area contributed by atoms with Crippen molar-refractivity contribution in [3.05, 3.63) is 53.9 Å². The van der Waals surface area contributed by atoms with E-state index in [0.717, 1.165) is 12.5 Å². The molecule has 1 aliphatic heterocycles. The summed E-state index contributed by atoms with van der Waals surface area (Å²) >= 11 is 0. The molecule has 0 saturated carbocycles. The molecule has 0 spiro atoms. The zero-order chi connectivity index (χ0) is 21.1. The summed E-state index contributed by atoms with van der Waals surface area (Å²) in [6, 6.07) is 10.0. The van der Waals surface area contributed by atoms with Crippen LogP contribution in [0, 0.1) is 0 Å². The van der Waals surface area contributed by atoms with Crippen molar-refractivity contribution in [3.63, 3.8) is 0 Å². The van der Waals surface area contributed by atoms with Gasteiger partial charge in [0, 0.05) is 12.6 Å². The monoisotopic (exact) mass is 404 g/mol. The number of hydrogen-bond acceptors (Lipinski definition) is 6. The van der Waals surface area contributed by atoms with Crippen molar-refractivity contribution in [2.45, 2.75) is 25.3 Å². The minimum atomic E-state index is -2.95. The highest BCUT2D eigenvalue weighted by molar-refractivity contribution is 6.02. The highest BCUT2D eigenvalue weighted by Gasteiger charge is 2.30. The summed E-state index contributed by atoms with van der Waals surface area (Å²) in [6.45, 7) is 2.58. The van der Waals surface area contributed by atoms with Gasteiger partial charge in [-0.2, -0.15) is 0 Å². The van der Waals surface area contributed by atoms with E-state index in [2.05, 4.69) is 15.3 Å². The van der Waals surface area contributed by atoms with Gasteiger partial charge >= 0.3 is 0 Å². The zero-order valence-corrected chi connectivity index (χ0v) is 16.1. The van der Waals surface area contributed by atoms with E-state index in [0.29, 0.717) is 24.7 Å². The van der Waals surface area contributed by atoms with Gasteiger partial charge in [0.2, 0.25) is 0 Å². The summed E-state index contributed by atoms with van der Waals surface area (Å²) in [5, 5.41) is 2.76. The molecule has 0 bridgehead atoms. The fraction of sp³-hybridized carbons (Fsp3) is 0.350. The molecule has 0 fully saturated rings. The van der Waals surface area contributed by atoms with Crippen molar-refractivity contribution in [2.75, 3.05) is 25.1 Å². The van der Waals surface area contributed by atoms with Gasteiger partial charge < -0.3 is 20.5 Å². The fourth-order valence-corrected chi connectivity index (χ4v) is 2.82. The molecule has 1 atom stereocenters. The minimum Gasteiger partial charge on any atom is -0.486 e. The number of benzene rings is 1. The molecule has 1 aliphatic rings. The predicted molar refractivity (Wildman–Crippen MR) is 105 cm³/mol.